The highest BCUT2D eigenvalue weighted by atomic mass is 32.2. The first kappa shape index (κ1) is 19.4. The van der Waals surface area contributed by atoms with Crippen LogP contribution in [0.1, 0.15) is 29.5 Å². The van der Waals surface area contributed by atoms with E-state index >= 15 is 0 Å². The number of nitrogens with zero attached hydrogens (tertiary/aromatic N) is 3. The summed E-state index contributed by atoms with van der Waals surface area (Å²) < 4.78 is 32.0. The number of aromatic amines is 1. The van der Waals surface area contributed by atoms with Crippen molar-refractivity contribution in [1.29, 1.82) is 0 Å². The van der Waals surface area contributed by atoms with Crippen LogP contribution in [0.2, 0.25) is 0 Å². The second-order valence-corrected chi connectivity index (χ2v) is 8.34. The first-order chi connectivity index (χ1) is 13.0. The fourth-order valence-electron chi connectivity index (χ4n) is 3.06. The maximum atomic E-state index is 12.8. The van der Waals surface area contributed by atoms with Crippen LogP contribution in [0.25, 0.3) is 0 Å². The van der Waals surface area contributed by atoms with Crippen LogP contribution in [0.4, 0.5) is 0 Å². The number of H-pyrrole nitrogens is 1. The van der Waals surface area contributed by atoms with Gasteiger partial charge in [-0.05, 0) is 36.8 Å². The van der Waals surface area contributed by atoms with Crippen molar-refractivity contribution in [3.05, 3.63) is 41.7 Å². The smallest absolute Gasteiger partial charge is 0.274 e. The van der Waals surface area contributed by atoms with E-state index in [0.29, 0.717) is 24.5 Å². The van der Waals surface area contributed by atoms with Crippen molar-refractivity contribution in [2.75, 3.05) is 33.3 Å². The fourth-order valence-corrected chi connectivity index (χ4v) is 4.48. The average Bonchev–Trinajstić information content (AvgIpc) is 3.16. The van der Waals surface area contributed by atoms with E-state index in [1.165, 1.54) is 23.5 Å². The van der Waals surface area contributed by atoms with E-state index in [1.807, 2.05) is 0 Å². The SMILES string of the molecule is CCCc1cc(C(=O)N2CCN(S(=O)(=O)c3ccc(OC)cc3)CC2)n[nH]1. The van der Waals surface area contributed by atoms with Crippen LogP contribution in [0.5, 0.6) is 5.75 Å². The van der Waals surface area contributed by atoms with Crippen LogP contribution in [0.3, 0.4) is 0 Å². The molecule has 2 heterocycles. The van der Waals surface area contributed by atoms with Gasteiger partial charge in [-0.1, -0.05) is 13.3 Å². The molecular formula is C18H24N4O4S. The van der Waals surface area contributed by atoms with Crippen molar-refractivity contribution in [3.8, 4) is 5.75 Å². The van der Waals surface area contributed by atoms with E-state index in [0.717, 1.165) is 18.5 Å². The van der Waals surface area contributed by atoms with Crippen molar-refractivity contribution in [2.24, 2.45) is 0 Å². The maximum Gasteiger partial charge on any atom is 0.274 e. The Labute approximate surface area is 159 Å². The number of carbonyl (C=O) groups is 1. The number of amides is 1. The van der Waals surface area contributed by atoms with Gasteiger partial charge in [0, 0.05) is 31.9 Å². The molecule has 0 aliphatic carbocycles. The molecule has 1 amide bonds. The van der Waals surface area contributed by atoms with E-state index < -0.39 is 10.0 Å². The molecular weight excluding hydrogens is 368 g/mol. The zero-order valence-electron chi connectivity index (χ0n) is 15.5. The summed E-state index contributed by atoms with van der Waals surface area (Å²) in [6.45, 7) is 3.25. The number of methoxy groups -OCH3 is 1. The first-order valence-electron chi connectivity index (χ1n) is 8.93. The largest absolute Gasteiger partial charge is 0.497 e. The molecule has 1 N–H and O–H groups in total. The summed E-state index contributed by atoms with van der Waals surface area (Å²) in [6, 6.07) is 8.08. The van der Waals surface area contributed by atoms with E-state index in [2.05, 4.69) is 17.1 Å². The lowest BCUT2D eigenvalue weighted by Crippen LogP contribution is -2.50. The van der Waals surface area contributed by atoms with Gasteiger partial charge in [0.2, 0.25) is 10.0 Å². The second kappa shape index (κ2) is 8.10. The molecule has 9 heteroatoms. The third kappa shape index (κ3) is 4.14. The highest BCUT2D eigenvalue weighted by molar-refractivity contribution is 7.89. The number of carbonyl (C=O) groups excluding carboxylic acids is 1. The summed E-state index contributed by atoms with van der Waals surface area (Å²) in [4.78, 5) is 14.4. The Bertz CT molecular complexity index is 884. The Morgan fingerprint density at radius 1 is 1.19 bits per heavy atom. The fraction of sp³-hybridized carbons (Fsp3) is 0.444. The summed E-state index contributed by atoms with van der Waals surface area (Å²) in [5.74, 6) is 0.431. The Kier molecular flexibility index (Phi) is 5.81. The van der Waals surface area contributed by atoms with Gasteiger partial charge in [-0.15, -0.1) is 0 Å². The molecule has 2 aromatic rings. The standard InChI is InChI=1S/C18H24N4O4S/c1-3-4-14-13-17(20-19-14)18(23)21-9-11-22(12-10-21)27(24,25)16-7-5-15(26-2)6-8-16/h5-8,13H,3-4,9-12H2,1-2H3,(H,19,20). The second-order valence-electron chi connectivity index (χ2n) is 6.40. The number of aryl methyl sites for hydroxylation is 1. The third-order valence-electron chi connectivity index (χ3n) is 4.59. The van der Waals surface area contributed by atoms with Crippen molar-refractivity contribution in [3.63, 3.8) is 0 Å². The highest BCUT2D eigenvalue weighted by Gasteiger charge is 2.31. The van der Waals surface area contributed by atoms with E-state index in [1.54, 1.807) is 23.1 Å². The molecule has 1 aromatic heterocycles. The first-order valence-corrected chi connectivity index (χ1v) is 10.4. The van der Waals surface area contributed by atoms with Crippen molar-refractivity contribution >= 4 is 15.9 Å². The van der Waals surface area contributed by atoms with Gasteiger partial charge in [0.05, 0.1) is 12.0 Å². The summed E-state index contributed by atoms with van der Waals surface area (Å²) in [6.07, 6.45) is 1.81. The van der Waals surface area contributed by atoms with E-state index in [9.17, 15) is 13.2 Å². The lowest BCUT2D eigenvalue weighted by molar-refractivity contribution is 0.0692. The van der Waals surface area contributed by atoms with Crippen LogP contribution in [0.15, 0.2) is 35.2 Å². The third-order valence-corrected chi connectivity index (χ3v) is 6.51. The number of sulfonamides is 1. The van der Waals surface area contributed by atoms with Gasteiger partial charge in [0.25, 0.3) is 5.91 Å². The minimum Gasteiger partial charge on any atom is -0.497 e. The van der Waals surface area contributed by atoms with Crippen molar-refractivity contribution in [2.45, 2.75) is 24.7 Å². The topological polar surface area (TPSA) is 95.6 Å². The van der Waals surface area contributed by atoms with Crippen LogP contribution in [-0.2, 0) is 16.4 Å². The van der Waals surface area contributed by atoms with Crippen LogP contribution < -0.4 is 4.74 Å². The Morgan fingerprint density at radius 2 is 1.85 bits per heavy atom. The van der Waals surface area contributed by atoms with Gasteiger partial charge in [-0.25, -0.2) is 8.42 Å². The maximum absolute atomic E-state index is 12.8. The average molecular weight is 392 g/mol. The van der Waals surface area contributed by atoms with Crippen LogP contribution in [-0.4, -0.2) is 67.0 Å². The van der Waals surface area contributed by atoms with Gasteiger partial charge in [0.1, 0.15) is 11.4 Å². The molecule has 0 unspecified atom stereocenters. The molecule has 0 spiro atoms. The molecule has 0 saturated carbocycles. The molecule has 27 heavy (non-hydrogen) atoms. The number of piperazine rings is 1. The summed E-state index contributed by atoms with van der Waals surface area (Å²) in [5.41, 5.74) is 1.31. The Morgan fingerprint density at radius 3 is 2.44 bits per heavy atom. The lowest BCUT2D eigenvalue weighted by Gasteiger charge is -2.33. The molecule has 0 radical (unpaired) electrons. The number of ether oxygens (including phenoxy) is 1. The normalized spacial score (nSPS) is 15.7. The Balaban J connectivity index is 1.64. The van der Waals surface area contributed by atoms with Gasteiger partial charge in [-0.2, -0.15) is 9.40 Å². The molecule has 0 bridgehead atoms. The minimum atomic E-state index is -3.59. The molecule has 3 rings (SSSR count). The van der Waals surface area contributed by atoms with Crippen LogP contribution >= 0.6 is 0 Å². The number of rotatable bonds is 6. The zero-order valence-corrected chi connectivity index (χ0v) is 16.3. The molecule has 1 aliphatic heterocycles. The predicted molar refractivity (Wildman–Crippen MR) is 100 cm³/mol. The summed E-state index contributed by atoms with van der Waals surface area (Å²) in [7, 11) is -2.05. The monoisotopic (exact) mass is 392 g/mol. The molecule has 1 saturated heterocycles. The van der Waals surface area contributed by atoms with Crippen molar-refractivity contribution in [1.82, 2.24) is 19.4 Å². The Hall–Kier alpha value is -2.39. The van der Waals surface area contributed by atoms with E-state index in [4.69, 9.17) is 4.74 Å². The minimum absolute atomic E-state index is 0.171. The quantitative estimate of drug-likeness (QED) is 0.804. The van der Waals surface area contributed by atoms with Crippen LogP contribution in [0, 0.1) is 0 Å². The molecule has 8 nitrogen and oxygen atoms in total. The summed E-state index contributed by atoms with van der Waals surface area (Å²) in [5, 5.41) is 6.96. The highest BCUT2D eigenvalue weighted by Crippen LogP contribution is 2.21. The number of nitrogens with one attached hydrogen (secondary N) is 1. The zero-order chi connectivity index (χ0) is 19.4. The number of benzene rings is 1. The molecule has 1 aliphatic rings. The lowest BCUT2D eigenvalue weighted by atomic mass is 10.2. The predicted octanol–water partition coefficient (Wildman–Crippen LogP) is 1.52. The molecule has 0 atom stereocenters. The number of hydrogen-bond donors (Lipinski definition) is 1. The van der Waals surface area contributed by atoms with Gasteiger partial charge in [0.15, 0.2) is 0 Å². The molecule has 1 aromatic carbocycles. The van der Waals surface area contributed by atoms with Crippen molar-refractivity contribution < 1.29 is 17.9 Å². The van der Waals surface area contributed by atoms with E-state index in [-0.39, 0.29) is 23.9 Å². The molecule has 146 valence electrons. The number of aromatic nitrogens is 2. The van der Waals surface area contributed by atoms with Gasteiger partial charge in [-0.3, -0.25) is 9.89 Å². The molecule has 1 fully saturated rings. The van der Waals surface area contributed by atoms with Gasteiger partial charge < -0.3 is 9.64 Å². The summed E-state index contributed by atoms with van der Waals surface area (Å²) >= 11 is 0. The van der Waals surface area contributed by atoms with Gasteiger partial charge >= 0.3 is 0 Å². The number of hydrogen-bond acceptors (Lipinski definition) is 5.